The van der Waals surface area contributed by atoms with Gasteiger partial charge in [-0.1, -0.05) is 47.5 Å². The Hall–Kier alpha value is -2.96. The highest BCUT2D eigenvalue weighted by atomic mass is 35.5. The molecule has 154 valence electrons. The summed E-state index contributed by atoms with van der Waals surface area (Å²) in [6.07, 6.45) is 0.434. The predicted molar refractivity (Wildman–Crippen MR) is 114 cm³/mol. The molecule has 0 fully saturated rings. The zero-order valence-electron chi connectivity index (χ0n) is 15.7. The fraction of sp³-hybridized carbons (Fsp3) is 0.136. The molecule has 30 heavy (non-hydrogen) atoms. The first kappa shape index (κ1) is 21.7. The standard InChI is InChI=1S/C22H17Cl2FN2O3/c23-18-8-5-15(20(24)13-18)11-12-26(14-17-3-1-2-4-21(17)25)22(28)16-6-9-19(10-7-16)27(29)30/h1-10,13H,11-12,14H2. The van der Waals surface area contributed by atoms with Crippen molar-refractivity contribution in [3.63, 3.8) is 0 Å². The first-order chi connectivity index (χ1) is 14.3. The van der Waals surface area contributed by atoms with E-state index in [1.807, 2.05) is 0 Å². The molecule has 5 nitrogen and oxygen atoms in total. The summed E-state index contributed by atoms with van der Waals surface area (Å²) in [5, 5.41) is 11.8. The van der Waals surface area contributed by atoms with Gasteiger partial charge in [-0.3, -0.25) is 14.9 Å². The van der Waals surface area contributed by atoms with Crippen LogP contribution in [0.3, 0.4) is 0 Å². The number of rotatable bonds is 7. The number of hydrogen-bond acceptors (Lipinski definition) is 3. The second kappa shape index (κ2) is 9.69. The Balaban J connectivity index is 1.85. The fourth-order valence-electron chi connectivity index (χ4n) is 2.97. The SMILES string of the molecule is O=C(c1ccc([N+](=O)[O-])cc1)N(CCc1ccc(Cl)cc1Cl)Cc1ccccc1F. The third-order valence-corrected chi connectivity index (χ3v) is 5.18. The molecule has 0 atom stereocenters. The molecule has 0 aliphatic heterocycles. The van der Waals surface area contributed by atoms with Crippen LogP contribution in [0.25, 0.3) is 0 Å². The Morgan fingerprint density at radius 2 is 1.70 bits per heavy atom. The highest BCUT2D eigenvalue weighted by molar-refractivity contribution is 6.35. The van der Waals surface area contributed by atoms with Crippen molar-refractivity contribution in [2.75, 3.05) is 6.54 Å². The Morgan fingerprint density at radius 3 is 2.33 bits per heavy atom. The number of hydrogen-bond donors (Lipinski definition) is 0. The second-order valence-electron chi connectivity index (χ2n) is 6.61. The number of nitro benzene ring substituents is 1. The van der Waals surface area contributed by atoms with Crippen LogP contribution >= 0.6 is 23.2 Å². The fourth-order valence-corrected chi connectivity index (χ4v) is 3.48. The van der Waals surface area contributed by atoms with Gasteiger partial charge in [-0.15, -0.1) is 0 Å². The van der Waals surface area contributed by atoms with Gasteiger partial charge in [-0.2, -0.15) is 0 Å². The monoisotopic (exact) mass is 446 g/mol. The lowest BCUT2D eigenvalue weighted by Gasteiger charge is -2.23. The molecule has 0 N–H and O–H groups in total. The summed E-state index contributed by atoms with van der Waals surface area (Å²) in [6.45, 7) is 0.319. The molecule has 0 aromatic heterocycles. The Morgan fingerprint density at radius 1 is 1.00 bits per heavy atom. The molecule has 0 unspecified atom stereocenters. The number of carbonyl (C=O) groups is 1. The maximum atomic E-state index is 14.2. The van der Waals surface area contributed by atoms with Crippen molar-refractivity contribution in [1.29, 1.82) is 0 Å². The normalized spacial score (nSPS) is 10.6. The van der Waals surface area contributed by atoms with Crippen molar-refractivity contribution in [1.82, 2.24) is 4.90 Å². The van der Waals surface area contributed by atoms with E-state index in [4.69, 9.17) is 23.2 Å². The molecule has 0 aliphatic carbocycles. The lowest BCUT2D eigenvalue weighted by atomic mass is 10.1. The molecule has 0 bridgehead atoms. The van der Waals surface area contributed by atoms with Crippen LogP contribution in [0.5, 0.6) is 0 Å². The van der Waals surface area contributed by atoms with Crippen LogP contribution in [0.4, 0.5) is 10.1 Å². The number of non-ortho nitro benzene ring substituents is 1. The molecular weight excluding hydrogens is 430 g/mol. The molecule has 0 spiro atoms. The predicted octanol–water partition coefficient (Wildman–Crippen LogP) is 5.93. The van der Waals surface area contributed by atoms with Crippen LogP contribution in [0.15, 0.2) is 66.7 Å². The van der Waals surface area contributed by atoms with E-state index in [-0.39, 0.29) is 30.2 Å². The number of nitro groups is 1. The van der Waals surface area contributed by atoms with E-state index >= 15 is 0 Å². The zero-order chi connectivity index (χ0) is 21.7. The topological polar surface area (TPSA) is 63.4 Å². The maximum Gasteiger partial charge on any atom is 0.269 e. The minimum atomic E-state index is -0.534. The summed E-state index contributed by atoms with van der Waals surface area (Å²) in [7, 11) is 0. The van der Waals surface area contributed by atoms with Gasteiger partial charge in [0, 0.05) is 46.4 Å². The molecule has 1 amide bonds. The lowest BCUT2D eigenvalue weighted by Crippen LogP contribution is -2.33. The summed E-state index contributed by atoms with van der Waals surface area (Å²) >= 11 is 12.2. The van der Waals surface area contributed by atoms with Crippen molar-refractivity contribution >= 4 is 34.8 Å². The van der Waals surface area contributed by atoms with Gasteiger partial charge in [0.05, 0.1) is 4.92 Å². The van der Waals surface area contributed by atoms with E-state index in [0.717, 1.165) is 5.56 Å². The van der Waals surface area contributed by atoms with E-state index in [9.17, 15) is 19.3 Å². The number of carbonyl (C=O) groups excluding carboxylic acids is 1. The van der Waals surface area contributed by atoms with Gasteiger partial charge >= 0.3 is 0 Å². The van der Waals surface area contributed by atoms with Crippen molar-refractivity contribution < 1.29 is 14.1 Å². The van der Waals surface area contributed by atoms with Gasteiger partial charge in [0.1, 0.15) is 5.82 Å². The zero-order valence-corrected chi connectivity index (χ0v) is 17.2. The maximum absolute atomic E-state index is 14.2. The van der Waals surface area contributed by atoms with Crippen molar-refractivity contribution in [2.45, 2.75) is 13.0 Å². The van der Waals surface area contributed by atoms with E-state index in [1.54, 1.807) is 36.4 Å². The summed E-state index contributed by atoms with van der Waals surface area (Å²) in [6, 6.07) is 16.7. The minimum Gasteiger partial charge on any atom is -0.334 e. The highest BCUT2D eigenvalue weighted by Crippen LogP contribution is 2.23. The van der Waals surface area contributed by atoms with Gasteiger partial charge in [0.15, 0.2) is 0 Å². The number of halogens is 3. The quantitative estimate of drug-likeness (QED) is 0.333. The van der Waals surface area contributed by atoms with Crippen LogP contribution in [-0.4, -0.2) is 22.3 Å². The van der Waals surface area contributed by atoms with Crippen molar-refractivity contribution in [3.05, 3.63) is 109 Å². The van der Waals surface area contributed by atoms with Gasteiger partial charge in [-0.25, -0.2) is 4.39 Å². The van der Waals surface area contributed by atoms with Crippen LogP contribution < -0.4 is 0 Å². The summed E-state index contributed by atoms with van der Waals surface area (Å²) in [5.74, 6) is -0.776. The summed E-state index contributed by atoms with van der Waals surface area (Å²) in [4.78, 5) is 24.9. The van der Waals surface area contributed by atoms with Gasteiger partial charge in [0.25, 0.3) is 11.6 Å². The van der Waals surface area contributed by atoms with Crippen LogP contribution in [0.1, 0.15) is 21.5 Å². The molecular formula is C22H17Cl2FN2O3. The average Bonchev–Trinajstić information content (AvgIpc) is 2.73. The largest absolute Gasteiger partial charge is 0.334 e. The smallest absolute Gasteiger partial charge is 0.269 e. The Labute approximate surface area is 182 Å². The number of amides is 1. The Bertz CT molecular complexity index is 1070. The van der Waals surface area contributed by atoms with E-state index < -0.39 is 10.7 Å². The van der Waals surface area contributed by atoms with E-state index in [1.165, 1.54) is 35.2 Å². The first-order valence-corrected chi connectivity index (χ1v) is 9.82. The van der Waals surface area contributed by atoms with Crippen LogP contribution in [-0.2, 0) is 13.0 Å². The molecule has 0 saturated heterocycles. The molecule has 3 aromatic carbocycles. The first-order valence-electron chi connectivity index (χ1n) is 9.06. The van der Waals surface area contributed by atoms with Gasteiger partial charge < -0.3 is 4.90 Å². The van der Waals surface area contributed by atoms with E-state index in [0.29, 0.717) is 22.0 Å². The van der Waals surface area contributed by atoms with Gasteiger partial charge in [-0.05, 0) is 42.3 Å². The van der Waals surface area contributed by atoms with Crippen molar-refractivity contribution in [3.8, 4) is 0 Å². The molecule has 0 heterocycles. The Kier molecular flexibility index (Phi) is 7.03. The van der Waals surface area contributed by atoms with Gasteiger partial charge in [0.2, 0.25) is 0 Å². The number of benzene rings is 3. The minimum absolute atomic E-state index is 0.0493. The van der Waals surface area contributed by atoms with E-state index in [2.05, 4.69) is 0 Å². The summed E-state index contributed by atoms with van der Waals surface area (Å²) in [5.41, 5.74) is 1.34. The third kappa shape index (κ3) is 5.34. The lowest BCUT2D eigenvalue weighted by molar-refractivity contribution is -0.384. The molecule has 0 aliphatic rings. The average molecular weight is 447 g/mol. The second-order valence-corrected chi connectivity index (χ2v) is 7.45. The van der Waals surface area contributed by atoms with Crippen molar-refractivity contribution in [2.24, 2.45) is 0 Å². The van der Waals surface area contributed by atoms with Crippen LogP contribution in [0.2, 0.25) is 10.0 Å². The third-order valence-electron chi connectivity index (χ3n) is 4.60. The molecule has 8 heteroatoms. The molecule has 0 radical (unpaired) electrons. The summed E-state index contributed by atoms with van der Waals surface area (Å²) < 4.78 is 14.2. The molecule has 3 aromatic rings. The molecule has 0 saturated carbocycles. The number of nitrogens with zero attached hydrogens (tertiary/aromatic N) is 2. The van der Waals surface area contributed by atoms with Crippen LogP contribution in [0, 0.1) is 15.9 Å². The highest BCUT2D eigenvalue weighted by Gasteiger charge is 2.19. The molecule has 3 rings (SSSR count).